The van der Waals surface area contributed by atoms with Gasteiger partial charge in [-0.2, -0.15) is 5.10 Å². The molecule has 27 heavy (non-hydrogen) atoms. The SMILES string of the molecule is CC(C)(C)CN1CCN(Cc2cnn(-c3cccc(F)c3)c2)C[C@@H]1CCO. The van der Waals surface area contributed by atoms with Crippen LogP contribution in [0.4, 0.5) is 4.39 Å². The Kier molecular flexibility index (Phi) is 6.29. The summed E-state index contributed by atoms with van der Waals surface area (Å²) in [7, 11) is 0. The van der Waals surface area contributed by atoms with Crippen molar-refractivity contribution >= 4 is 0 Å². The second-order valence-corrected chi connectivity index (χ2v) is 8.71. The van der Waals surface area contributed by atoms with Crippen molar-refractivity contribution in [2.24, 2.45) is 5.41 Å². The standard InChI is InChI=1S/C21H31FN4O/c1-21(2,3)16-25-9-8-24(15-20(25)7-10-27)13-17-12-23-26(14-17)19-6-4-5-18(22)11-19/h4-6,11-12,14,20,27H,7-10,13,15-16H2,1-3H3/t20-/m0/s1. The Morgan fingerprint density at radius 1 is 1.26 bits per heavy atom. The maximum Gasteiger partial charge on any atom is 0.125 e. The van der Waals surface area contributed by atoms with Gasteiger partial charge >= 0.3 is 0 Å². The van der Waals surface area contributed by atoms with E-state index in [0.29, 0.717) is 6.04 Å². The first-order chi connectivity index (χ1) is 12.8. The summed E-state index contributed by atoms with van der Waals surface area (Å²) in [6.07, 6.45) is 4.62. The van der Waals surface area contributed by atoms with Gasteiger partial charge in [0.1, 0.15) is 5.82 Å². The van der Waals surface area contributed by atoms with Crippen LogP contribution < -0.4 is 0 Å². The number of nitrogens with zero attached hydrogens (tertiary/aromatic N) is 4. The third-order valence-electron chi connectivity index (χ3n) is 4.94. The van der Waals surface area contributed by atoms with Gasteiger partial charge in [-0.3, -0.25) is 9.80 Å². The van der Waals surface area contributed by atoms with Crippen molar-refractivity contribution in [3.63, 3.8) is 0 Å². The van der Waals surface area contributed by atoms with Crippen LogP contribution in [0.5, 0.6) is 0 Å². The summed E-state index contributed by atoms with van der Waals surface area (Å²) in [6.45, 7) is 11.8. The molecule has 2 aromatic rings. The van der Waals surface area contributed by atoms with Crippen LogP contribution >= 0.6 is 0 Å². The van der Waals surface area contributed by atoms with E-state index in [-0.39, 0.29) is 17.8 Å². The Bertz CT molecular complexity index is 740. The Balaban J connectivity index is 1.63. The number of aliphatic hydroxyl groups is 1. The molecule has 1 saturated heterocycles. The number of hydrogen-bond donors (Lipinski definition) is 1. The van der Waals surface area contributed by atoms with Crippen LogP contribution in [0, 0.1) is 11.2 Å². The van der Waals surface area contributed by atoms with Crippen LogP contribution in [0.25, 0.3) is 5.69 Å². The predicted molar refractivity (Wildman–Crippen MR) is 105 cm³/mol. The van der Waals surface area contributed by atoms with Crippen molar-refractivity contribution in [1.29, 1.82) is 0 Å². The third-order valence-corrected chi connectivity index (χ3v) is 4.94. The van der Waals surface area contributed by atoms with Crippen LogP contribution in [0.3, 0.4) is 0 Å². The van der Waals surface area contributed by atoms with Gasteiger partial charge in [0.15, 0.2) is 0 Å². The minimum absolute atomic E-state index is 0.219. The summed E-state index contributed by atoms with van der Waals surface area (Å²) >= 11 is 0. The number of aromatic nitrogens is 2. The molecule has 0 bridgehead atoms. The van der Waals surface area contributed by atoms with E-state index < -0.39 is 0 Å². The molecular formula is C21H31FN4O. The van der Waals surface area contributed by atoms with E-state index in [0.717, 1.165) is 50.4 Å². The molecule has 1 aliphatic rings. The highest BCUT2D eigenvalue weighted by atomic mass is 19.1. The molecule has 1 N–H and O–H groups in total. The summed E-state index contributed by atoms with van der Waals surface area (Å²) in [6, 6.07) is 6.84. The molecule has 6 heteroatoms. The van der Waals surface area contributed by atoms with E-state index in [2.05, 4.69) is 35.7 Å². The molecule has 3 rings (SSSR count). The molecule has 0 amide bonds. The van der Waals surface area contributed by atoms with Crippen LogP contribution in [0.1, 0.15) is 32.8 Å². The summed E-state index contributed by atoms with van der Waals surface area (Å²) in [4.78, 5) is 4.94. The lowest BCUT2D eigenvalue weighted by molar-refractivity contribution is 0.0340. The molecule has 148 valence electrons. The second kappa shape index (κ2) is 8.50. The van der Waals surface area contributed by atoms with Crippen molar-refractivity contribution in [3.8, 4) is 5.69 Å². The molecule has 0 aliphatic carbocycles. The minimum Gasteiger partial charge on any atom is -0.396 e. The average molecular weight is 375 g/mol. The smallest absolute Gasteiger partial charge is 0.125 e. The molecule has 1 fully saturated rings. The largest absolute Gasteiger partial charge is 0.396 e. The Labute approximate surface area is 161 Å². The zero-order chi connectivity index (χ0) is 19.4. The third kappa shape index (κ3) is 5.61. The van der Waals surface area contributed by atoms with Crippen LogP contribution in [-0.2, 0) is 6.54 Å². The van der Waals surface area contributed by atoms with Gasteiger partial charge in [-0.15, -0.1) is 0 Å². The highest BCUT2D eigenvalue weighted by molar-refractivity contribution is 5.31. The maximum atomic E-state index is 13.4. The van der Waals surface area contributed by atoms with Gasteiger partial charge in [0.05, 0.1) is 11.9 Å². The van der Waals surface area contributed by atoms with Crippen molar-refractivity contribution in [2.45, 2.75) is 39.8 Å². The molecule has 1 aromatic heterocycles. The van der Waals surface area contributed by atoms with Crippen molar-refractivity contribution in [1.82, 2.24) is 19.6 Å². The zero-order valence-electron chi connectivity index (χ0n) is 16.6. The first kappa shape index (κ1) is 20.0. The Morgan fingerprint density at radius 3 is 2.78 bits per heavy atom. The summed E-state index contributed by atoms with van der Waals surface area (Å²) in [5.41, 5.74) is 2.10. The molecule has 0 spiro atoms. The number of benzene rings is 1. The molecular weight excluding hydrogens is 343 g/mol. The predicted octanol–water partition coefficient (Wildman–Crippen LogP) is 2.93. The number of halogens is 1. The molecule has 0 unspecified atom stereocenters. The number of piperazine rings is 1. The summed E-state index contributed by atoms with van der Waals surface area (Å²) in [5, 5.41) is 13.9. The lowest BCUT2D eigenvalue weighted by Gasteiger charge is -2.43. The van der Waals surface area contributed by atoms with Gasteiger partial charge in [-0.05, 0) is 30.0 Å². The van der Waals surface area contributed by atoms with Crippen LogP contribution in [0.2, 0.25) is 0 Å². The van der Waals surface area contributed by atoms with Gasteiger partial charge < -0.3 is 5.11 Å². The average Bonchev–Trinajstić information content (AvgIpc) is 3.05. The summed E-state index contributed by atoms with van der Waals surface area (Å²) in [5.74, 6) is -0.258. The fourth-order valence-electron chi connectivity index (χ4n) is 3.80. The summed E-state index contributed by atoms with van der Waals surface area (Å²) < 4.78 is 15.1. The van der Waals surface area contributed by atoms with Gasteiger partial charge in [0.25, 0.3) is 0 Å². The fourth-order valence-corrected chi connectivity index (χ4v) is 3.80. The van der Waals surface area contributed by atoms with Gasteiger partial charge in [-0.25, -0.2) is 9.07 Å². The molecule has 0 radical (unpaired) electrons. The number of hydrogen-bond acceptors (Lipinski definition) is 4. The van der Waals surface area contributed by atoms with E-state index in [1.807, 2.05) is 18.5 Å². The fraction of sp³-hybridized carbons (Fsp3) is 0.571. The first-order valence-corrected chi connectivity index (χ1v) is 9.71. The van der Waals surface area contributed by atoms with Gasteiger partial charge in [-0.1, -0.05) is 26.8 Å². The van der Waals surface area contributed by atoms with E-state index >= 15 is 0 Å². The van der Waals surface area contributed by atoms with E-state index in [4.69, 9.17) is 0 Å². The topological polar surface area (TPSA) is 44.5 Å². The zero-order valence-corrected chi connectivity index (χ0v) is 16.6. The van der Waals surface area contributed by atoms with E-state index in [1.165, 1.54) is 12.1 Å². The number of aliphatic hydroxyl groups excluding tert-OH is 1. The minimum atomic E-state index is -0.258. The molecule has 1 aliphatic heterocycles. The lowest BCUT2D eigenvalue weighted by atomic mass is 9.94. The quantitative estimate of drug-likeness (QED) is 0.844. The maximum absolute atomic E-state index is 13.4. The number of rotatable bonds is 6. The lowest BCUT2D eigenvalue weighted by Crippen LogP contribution is -2.54. The molecule has 1 atom stereocenters. The molecule has 5 nitrogen and oxygen atoms in total. The first-order valence-electron chi connectivity index (χ1n) is 9.71. The molecule has 2 heterocycles. The van der Waals surface area contributed by atoms with Gasteiger partial charge in [0.2, 0.25) is 0 Å². The van der Waals surface area contributed by atoms with Crippen LogP contribution in [-0.4, -0.2) is 63.5 Å². The van der Waals surface area contributed by atoms with Crippen molar-refractivity contribution in [2.75, 3.05) is 32.8 Å². The van der Waals surface area contributed by atoms with Crippen molar-refractivity contribution in [3.05, 3.63) is 48.0 Å². The van der Waals surface area contributed by atoms with Gasteiger partial charge in [0, 0.05) is 57.1 Å². The highest BCUT2D eigenvalue weighted by Gasteiger charge is 2.29. The monoisotopic (exact) mass is 374 g/mol. The van der Waals surface area contributed by atoms with Crippen molar-refractivity contribution < 1.29 is 9.50 Å². The van der Waals surface area contributed by atoms with E-state index in [9.17, 15) is 9.50 Å². The highest BCUT2D eigenvalue weighted by Crippen LogP contribution is 2.22. The normalized spacial score (nSPS) is 19.5. The molecule has 0 saturated carbocycles. The second-order valence-electron chi connectivity index (χ2n) is 8.71. The van der Waals surface area contributed by atoms with E-state index in [1.54, 1.807) is 10.7 Å². The Hall–Kier alpha value is -1.76. The Morgan fingerprint density at radius 2 is 2.07 bits per heavy atom. The molecule has 1 aromatic carbocycles. The van der Waals surface area contributed by atoms with Crippen LogP contribution in [0.15, 0.2) is 36.7 Å².